The molecule has 0 radical (unpaired) electrons. The lowest BCUT2D eigenvalue weighted by atomic mass is 9.79. The summed E-state index contributed by atoms with van der Waals surface area (Å²) in [5, 5.41) is 23.8. The van der Waals surface area contributed by atoms with Crippen molar-refractivity contribution in [3.05, 3.63) is 62.5 Å². The smallest absolute Gasteiger partial charge is 0.337 e. The Balaban J connectivity index is 2.83. The molecule has 2 rings (SSSR count). The molecule has 146 valence electrons. The van der Waals surface area contributed by atoms with Gasteiger partial charge in [-0.3, -0.25) is 10.1 Å². The number of dihydropyridines is 1. The van der Waals surface area contributed by atoms with Crippen LogP contribution in [0.1, 0.15) is 32.3 Å². The summed E-state index contributed by atoms with van der Waals surface area (Å²) < 4.78 is 10.1. The number of hydrogen-bond acceptors (Lipinski definition) is 8. The van der Waals surface area contributed by atoms with Crippen LogP contribution in [0.4, 0.5) is 5.69 Å². The molecular formula is C19H19N3O6. The van der Waals surface area contributed by atoms with Crippen molar-refractivity contribution in [2.75, 3.05) is 7.11 Å². The molecule has 0 amide bonds. The maximum Gasteiger partial charge on any atom is 0.337 e. The van der Waals surface area contributed by atoms with Gasteiger partial charge in [-0.1, -0.05) is 18.2 Å². The second kappa shape index (κ2) is 8.35. The van der Waals surface area contributed by atoms with E-state index in [0.717, 1.165) is 7.11 Å². The Hall–Kier alpha value is -3.67. The molecule has 1 heterocycles. The molecule has 0 saturated heterocycles. The van der Waals surface area contributed by atoms with Gasteiger partial charge >= 0.3 is 11.9 Å². The summed E-state index contributed by atoms with van der Waals surface area (Å²) in [5.74, 6) is -2.83. The number of nitriles is 1. The molecule has 9 heteroatoms. The van der Waals surface area contributed by atoms with E-state index < -0.39 is 28.9 Å². The molecule has 0 aromatic heterocycles. The van der Waals surface area contributed by atoms with Crippen LogP contribution in [0.25, 0.3) is 0 Å². The van der Waals surface area contributed by atoms with E-state index in [9.17, 15) is 25.0 Å². The van der Waals surface area contributed by atoms with E-state index in [1.165, 1.54) is 25.1 Å². The van der Waals surface area contributed by atoms with Crippen molar-refractivity contribution in [1.82, 2.24) is 5.32 Å². The minimum Gasteiger partial charge on any atom is -0.466 e. The number of ether oxygens (including phenoxy) is 2. The van der Waals surface area contributed by atoms with Crippen molar-refractivity contribution < 1.29 is 24.0 Å². The summed E-state index contributed by atoms with van der Waals surface area (Å²) >= 11 is 0. The molecule has 0 spiro atoms. The Bertz CT molecular complexity index is 939. The van der Waals surface area contributed by atoms with Gasteiger partial charge in [0.15, 0.2) is 0 Å². The molecule has 0 saturated carbocycles. The van der Waals surface area contributed by atoms with Gasteiger partial charge in [0.1, 0.15) is 11.8 Å². The fourth-order valence-electron chi connectivity index (χ4n) is 3.00. The minimum atomic E-state index is -1.20. The lowest BCUT2D eigenvalue weighted by molar-refractivity contribution is -0.385. The summed E-state index contributed by atoms with van der Waals surface area (Å²) in [6.07, 6.45) is -0.456. The highest BCUT2D eigenvalue weighted by Crippen LogP contribution is 2.42. The Morgan fingerprint density at radius 1 is 1.25 bits per heavy atom. The Morgan fingerprint density at radius 3 is 2.43 bits per heavy atom. The highest BCUT2D eigenvalue weighted by Gasteiger charge is 2.41. The van der Waals surface area contributed by atoms with Crippen LogP contribution in [-0.4, -0.2) is 30.1 Å². The molecule has 1 aliphatic heterocycles. The lowest BCUT2D eigenvalue weighted by Gasteiger charge is -2.29. The third-order valence-corrected chi connectivity index (χ3v) is 4.09. The number of rotatable bonds is 5. The molecule has 1 atom stereocenters. The monoisotopic (exact) mass is 385 g/mol. The summed E-state index contributed by atoms with van der Waals surface area (Å²) in [6, 6.07) is 7.57. The number of methoxy groups -OCH3 is 1. The normalized spacial score (nSPS) is 16.4. The molecular weight excluding hydrogens is 366 g/mol. The molecule has 1 aromatic rings. The number of nitro groups is 1. The topological polar surface area (TPSA) is 132 Å². The number of esters is 2. The first-order valence-electron chi connectivity index (χ1n) is 8.37. The van der Waals surface area contributed by atoms with Gasteiger partial charge in [0, 0.05) is 17.3 Å². The van der Waals surface area contributed by atoms with Crippen molar-refractivity contribution in [2.24, 2.45) is 0 Å². The molecule has 1 N–H and O–H groups in total. The van der Waals surface area contributed by atoms with Crippen molar-refractivity contribution in [3.63, 3.8) is 0 Å². The fourth-order valence-corrected chi connectivity index (χ4v) is 3.00. The Morgan fingerprint density at radius 2 is 1.89 bits per heavy atom. The molecule has 28 heavy (non-hydrogen) atoms. The summed E-state index contributed by atoms with van der Waals surface area (Å²) in [7, 11) is 1.12. The van der Waals surface area contributed by atoms with E-state index in [-0.39, 0.29) is 33.8 Å². The standard InChI is InChI=1S/C19H19N3O6/c1-10(2)28-19(24)15-11(3)21-13(9-20)17(18(23)27-4)16(15)12-7-5-6-8-14(12)22(25)26/h5-8,10,16,21H,1-4H3. The number of hydrogen-bond donors (Lipinski definition) is 1. The van der Waals surface area contributed by atoms with E-state index in [4.69, 9.17) is 9.47 Å². The van der Waals surface area contributed by atoms with Crippen molar-refractivity contribution >= 4 is 17.6 Å². The van der Waals surface area contributed by atoms with E-state index in [1.807, 2.05) is 6.07 Å². The lowest BCUT2D eigenvalue weighted by Crippen LogP contribution is -2.33. The quantitative estimate of drug-likeness (QED) is 0.464. The van der Waals surface area contributed by atoms with E-state index >= 15 is 0 Å². The highest BCUT2D eigenvalue weighted by molar-refractivity contribution is 6.00. The van der Waals surface area contributed by atoms with E-state index in [0.29, 0.717) is 0 Å². The van der Waals surface area contributed by atoms with Crippen LogP contribution in [0.3, 0.4) is 0 Å². The van der Waals surface area contributed by atoms with Gasteiger partial charge < -0.3 is 14.8 Å². The number of benzene rings is 1. The number of allylic oxidation sites excluding steroid dienone is 2. The zero-order chi connectivity index (χ0) is 21.0. The zero-order valence-corrected chi connectivity index (χ0v) is 15.8. The Kier molecular flexibility index (Phi) is 6.15. The van der Waals surface area contributed by atoms with Crippen molar-refractivity contribution in [2.45, 2.75) is 32.8 Å². The number of para-hydroxylation sites is 1. The van der Waals surface area contributed by atoms with Crippen LogP contribution >= 0.6 is 0 Å². The largest absolute Gasteiger partial charge is 0.466 e. The molecule has 1 aromatic carbocycles. The summed E-state index contributed by atoms with van der Waals surface area (Å²) in [5.41, 5.74) is -0.289. The first-order chi connectivity index (χ1) is 13.2. The van der Waals surface area contributed by atoms with Crippen molar-refractivity contribution in [3.8, 4) is 6.07 Å². The van der Waals surface area contributed by atoms with Gasteiger partial charge in [-0.2, -0.15) is 5.26 Å². The van der Waals surface area contributed by atoms with Gasteiger partial charge in [0.05, 0.1) is 35.2 Å². The van der Waals surface area contributed by atoms with Crippen LogP contribution < -0.4 is 5.32 Å². The van der Waals surface area contributed by atoms with Gasteiger partial charge in [-0.05, 0) is 20.8 Å². The molecule has 0 bridgehead atoms. The first kappa shape index (κ1) is 20.6. The third kappa shape index (κ3) is 3.86. The number of nitrogens with one attached hydrogen (secondary N) is 1. The summed E-state index contributed by atoms with van der Waals surface area (Å²) in [6.45, 7) is 4.84. The van der Waals surface area contributed by atoms with E-state index in [1.54, 1.807) is 19.9 Å². The predicted octanol–water partition coefficient (Wildman–Crippen LogP) is 2.46. The van der Waals surface area contributed by atoms with Crippen LogP contribution in [0.2, 0.25) is 0 Å². The number of nitrogens with zero attached hydrogens (tertiary/aromatic N) is 2. The zero-order valence-electron chi connectivity index (χ0n) is 15.8. The van der Waals surface area contributed by atoms with Crippen LogP contribution in [0.5, 0.6) is 0 Å². The van der Waals surface area contributed by atoms with Gasteiger partial charge in [-0.15, -0.1) is 0 Å². The molecule has 1 unspecified atom stereocenters. The average molecular weight is 385 g/mol. The molecule has 1 aliphatic rings. The van der Waals surface area contributed by atoms with Gasteiger partial charge in [0.2, 0.25) is 0 Å². The highest BCUT2D eigenvalue weighted by atomic mass is 16.6. The molecule has 0 aliphatic carbocycles. The SMILES string of the molecule is COC(=O)C1=C(C#N)NC(C)=C(C(=O)OC(C)C)C1c1ccccc1[N+](=O)[O-]. The summed E-state index contributed by atoms with van der Waals surface area (Å²) in [4.78, 5) is 36.2. The minimum absolute atomic E-state index is 0.00222. The number of carbonyl (C=O) groups excluding carboxylic acids is 2. The van der Waals surface area contributed by atoms with Gasteiger partial charge in [0.25, 0.3) is 5.69 Å². The van der Waals surface area contributed by atoms with Crippen LogP contribution in [0, 0.1) is 21.4 Å². The predicted molar refractivity (Wildman–Crippen MR) is 97.6 cm³/mol. The van der Waals surface area contributed by atoms with Crippen molar-refractivity contribution in [1.29, 1.82) is 5.26 Å². The average Bonchev–Trinajstić information content (AvgIpc) is 2.65. The van der Waals surface area contributed by atoms with Crippen LogP contribution in [0.15, 0.2) is 46.8 Å². The first-order valence-corrected chi connectivity index (χ1v) is 8.37. The van der Waals surface area contributed by atoms with Crippen LogP contribution in [-0.2, 0) is 19.1 Å². The second-order valence-electron chi connectivity index (χ2n) is 6.26. The second-order valence-corrected chi connectivity index (χ2v) is 6.26. The maximum atomic E-state index is 12.8. The van der Waals surface area contributed by atoms with Gasteiger partial charge in [-0.25, -0.2) is 9.59 Å². The van der Waals surface area contributed by atoms with E-state index in [2.05, 4.69) is 5.32 Å². The third-order valence-electron chi connectivity index (χ3n) is 4.09. The number of nitro benzene ring substituents is 1. The maximum absolute atomic E-state index is 12.8. The molecule has 9 nitrogen and oxygen atoms in total. The number of carbonyl (C=O) groups is 2. The molecule has 0 fully saturated rings. The fraction of sp³-hybridized carbons (Fsp3) is 0.316. The Labute approximate surface area is 161 Å².